The number of esters is 1. The van der Waals surface area contributed by atoms with Crippen molar-refractivity contribution in [3.63, 3.8) is 0 Å². The number of carbonyl (C=O) groups is 2. The molecule has 0 aromatic heterocycles. The van der Waals surface area contributed by atoms with E-state index in [9.17, 15) is 9.59 Å². The number of methoxy groups -OCH3 is 1. The first kappa shape index (κ1) is 22.6. The minimum Gasteiger partial charge on any atom is -0.469 e. The van der Waals surface area contributed by atoms with Gasteiger partial charge >= 0.3 is 12.1 Å². The van der Waals surface area contributed by atoms with Crippen LogP contribution in [0.3, 0.4) is 0 Å². The van der Waals surface area contributed by atoms with Gasteiger partial charge in [-0.25, -0.2) is 4.79 Å². The van der Waals surface area contributed by atoms with Crippen LogP contribution >= 0.6 is 0 Å². The Morgan fingerprint density at radius 1 is 1.20 bits per heavy atom. The van der Waals surface area contributed by atoms with Crippen LogP contribution in [0.4, 0.5) is 4.79 Å². The van der Waals surface area contributed by atoms with Crippen molar-refractivity contribution in [1.82, 2.24) is 10.2 Å². The van der Waals surface area contributed by atoms with Crippen LogP contribution in [0.15, 0.2) is 30.3 Å². The van der Waals surface area contributed by atoms with Crippen molar-refractivity contribution in [2.24, 2.45) is 5.41 Å². The lowest BCUT2D eigenvalue weighted by atomic mass is 9.68. The largest absolute Gasteiger partial charge is 0.469 e. The number of nitrogens with one attached hydrogen (secondary N) is 1. The molecule has 2 atom stereocenters. The second-order valence-electron chi connectivity index (χ2n) is 9.78. The zero-order valence-corrected chi connectivity index (χ0v) is 18.8. The number of nitrogens with zero attached hydrogens (tertiary/aromatic N) is 1. The highest BCUT2D eigenvalue weighted by molar-refractivity contribution is 5.70. The number of hydrogen-bond donors (Lipinski definition) is 1. The van der Waals surface area contributed by atoms with E-state index in [0.717, 1.165) is 25.8 Å². The number of hydrogen-bond acceptors (Lipinski definition) is 5. The number of carbonyl (C=O) groups excluding carboxylic acids is 2. The molecule has 3 rings (SSSR count). The van der Waals surface area contributed by atoms with Crippen molar-refractivity contribution in [3.8, 4) is 0 Å². The van der Waals surface area contributed by atoms with Gasteiger partial charge in [-0.3, -0.25) is 4.79 Å². The Morgan fingerprint density at radius 2 is 1.90 bits per heavy atom. The van der Waals surface area contributed by atoms with Gasteiger partial charge in [-0.1, -0.05) is 36.8 Å². The fourth-order valence-electron chi connectivity index (χ4n) is 4.30. The van der Waals surface area contributed by atoms with E-state index >= 15 is 0 Å². The topological polar surface area (TPSA) is 67.9 Å². The molecule has 0 heterocycles. The normalized spacial score (nSPS) is 22.0. The van der Waals surface area contributed by atoms with Gasteiger partial charge in [0.15, 0.2) is 0 Å². The smallest absolute Gasteiger partial charge is 0.410 e. The molecular weight excluding hydrogens is 380 g/mol. The van der Waals surface area contributed by atoms with Crippen LogP contribution in [0, 0.1) is 5.41 Å². The highest BCUT2D eigenvalue weighted by Crippen LogP contribution is 2.48. The predicted molar refractivity (Wildman–Crippen MR) is 116 cm³/mol. The van der Waals surface area contributed by atoms with Gasteiger partial charge in [0.2, 0.25) is 0 Å². The average Bonchev–Trinajstić information content (AvgIpc) is 3.45. The second kappa shape index (κ2) is 9.38. The summed E-state index contributed by atoms with van der Waals surface area (Å²) in [5.74, 6) is 0.173. The molecule has 1 unspecified atom stereocenters. The lowest BCUT2D eigenvalue weighted by Crippen LogP contribution is -2.52. The standard InChI is InChI=1S/C24H36N2O4/c1-23(2,3)30-22(28)26(20-15-19(20)18-9-6-5-7-10-18)17-24(12-8-13-24)16-25-14-11-21(27)29-4/h5-7,9-10,19-20,25H,8,11-17H2,1-4H3/t19?,20-/m0/s1. The van der Waals surface area contributed by atoms with Crippen LogP contribution in [0.1, 0.15) is 64.4 Å². The number of ether oxygens (including phenoxy) is 2. The third-order valence-corrected chi connectivity index (χ3v) is 6.17. The summed E-state index contributed by atoms with van der Waals surface area (Å²) in [4.78, 5) is 26.4. The maximum Gasteiger partial charge on any atom is 0.410 e. The number of rotatable bonds is 9. The molecule has 1 aromatic carbocycles. The highest BCUT2D eigenvalue weighted by Gasteiger charge is 2.49. The third kappa shape index (κ3) is 5.97. The van der Waals surface area contributed by atoms with Gasteiger partial charge in [0.05, 0.1) is 13.5 Å². The molecule has 0 bridgehead atoms. The van der Waals surface area contributed by atoms with E-state index in [1.807, 2.05) is 31.7 Å². The Hall–Kier alpha value is -2.08. The maximum absolute atomic E-state index is 13.1. The fraction of sp³-hybridized carbons (Fsp3) is 0.667. The van der Waals surface area contributed by atoms with E-state index in [-0.39, 0.29) is 23.5 Å². The molecule has 1 amide bonds. The molecule has 30 heavy (non-hydrogen) atoms. The Kier molecular flexibility index (Phi) is 7.06. The summed E-state index contributed by atoms with van der Waals surface area (Å²) in [7, 11) is 1.41. The van der Waals surface area contributed by atoms with Crippen molar-refractivity contribution >= 4 is 12.1 Å². The number of amides is 1. The summed E-state index contributed by atoms with van der Waals surface area (Å²) in [5, 5.41) is 3.41. The Balaban J connectivity index is 1.65. The lowest BCUT2D eigenvalue weighted by Gasteiger charge is -2.45. The monoisotopic (exact) mass is 416 g/mol. The minimum absolute atomic E-state index is 0.0524. The summed E-state index contributed by atoms with van der Waals surface area (Å²) in [6.07, 6.45) is 4.47. The van der Waals surface area contributed by atoms with E-state index in [0.29, 0.717) is 25.4 Å². The van der Waals surface area contributed by atoms with Crippen LogP contribution in [0.5, 0.6) is 0 Å². The molecule has 2 saturated carbocycles. The first-order chi connectivity index (χ1) is 14.2. The molecule has 0 radical (unpaired) electrons. The van der Waals surface area contributed by atoms with E-state index in [1.54, 1.807) is 0 Å². The second-order valence-corrected chi connectivity index (χ2v) is 9.78. The van der Waals surface area contributed by atoms with Gasteiger partial charge in [-0.2, -0.15) is 0 Å². The van der Waals surface area contributed by atoms with E-state index in [2.05, 4.69) is 29.6 Å². The van der Waals surface area contributed by atoms with Crippen molar-refractivity contribution < 1.29 is 19.1 Å². The minimum atomic E-state index is -0.516. The van der Waals surface area contributed by atoms with Gasteiger partial charge in [0.25, 0.3) is 0 Å². The molecule has 1 N–H and O–H groups in total. The quantitative estimate of drug-likeness (QED) is 0.485. The molecule has 6 nitrogen and oxygen atoms in total. The average molecular weight is 417 g/mol. The van der Waals surface area contributed by atoms with Crippen LogP contribution in [0.2, 0.25) is 0 Å². The van der Waals surface area contributed by atoms with E-state index in [1.165, 1.54) is 19.1 Å². The first-order valence-corrected chi connectivity index (χ1v) is 11.1. The van der Waals surface area contributed by atoms with Gasteiger partial charge in [0, 0.05) is 37.0 Å². The molecule has 0 spiro atoms. The Labute approximate surface area is 180 Å². The zero-order valence-electron chi connectivity index (χ0n) is 18.8. The Bertz CT molecular complexity index is 724. The van der Waals surface area contributed by atoms with Gasteiger partial charge < -0.3 is 19.7 Å². The third-order valence-electron chi connectivity index (χ3n) is 6.17. The molecule has 166 valence electrons. The molecular formula is C24H36N2O4. The molecule has 0 saturated heterocycles. The summed E-state index contributed by atoms with van der Waals surface area (Å²) < 4.78 is 10.5. The van der Waals surface area contributed by atoms with Gasteiger partial charge in [-0.05, 0) is 45.6 Å². The SMILES string of the molecule is COC(=O)CCNCC1(CN(C(=O)OC(C)(C)C)[C@H]2CC2c2ccccc2)CCC1. The summed E-state index contributed by atoms with van der Waals surface area (Å²) in [5.41, 5.74) is 0.824. The van der Waals surface area contributed by atoms with Gasteiger partial charge in [0.1, 0.15) is 5.60 Å². The molecule has 2 fully saturated rings. The lowest BCUT2D eigenvalue weighted by molar-refractivity contribution is -0.140. The van der Waals surface area contributed by atoms with Crippen LogP contribution in [-0.4, -0.2) is 55.3 Å². The fourth-order valence-corrected chi connectivity index (χ4v) is 4.30. The van der Waals surface area contributed by atoms with Crippen molar-refractivity contribution in [2.45, 2.75) is 70.4 Å². The molecule has 2 aliphatic carbocycles. The molecule has 0 aliphatic heterocycles. The summed E-state index contributed by atoms with van der Waals surface area (Å²) in [6.45, 7) is 7.83. The maximum atomic E-state index is 13.1. The molecule has 2 aliphatic rings. The Morgan fingerprint density at radius 3 is 2.47 bits per heavy atom. The van der Waals surface area contributed by atoms with Crippen molar-refractivity contribution in [1.29, 1.82) is 0 Å². The summed E-state index contributed by atoms with van der Waals surface area (Å²) >= 11 is 0. The first-order valence-electron chi connectivity index (χ1n) is 11.1. The van der Waals surface area contributed by atoms with Crippen molar-refractivity contribution in [2.75, 3.05) is 26.7 Å². The van der Waals surface area contributed by atoms with Crippen LogP contribution < -0.4 is 5.32 Å². The highest BCUT2D eigenvalue weighted by atomic mass is 16.6. The summed E-state index contributed by atoms with van der Waals surface area (Å²) in [6, 6.07) is 10.6. The van der Waals surface area contributed by atoms with Crippen LogP contribution in [0.25, 0.3) is 0 Å². The number of benzene rings is 1. The van der Waals surface area contributed by atoms with E-state index < -0.39 is 5.60 Å². The van der Waals surface area contributed by atoms with Gasteiger partial charge in [-0.15, -0.1) is 0 Å². The molecule has 6 heteroatoms. The molecule has 1 aromatic rings. The predicted octanol–water partition coefficient (Wildman–Crippen LogP) is 4.10. The van der Waals surface area contributed by atoms with Crippen LogP contribution in [-0.2, 0) is 14.3 Å². The van der Waals surface area contributed by atoms with E-state index in [4.69, 9.17) is 9.47 Å². The van der Waals surface area contributed by atoms with Crippen molar-refractivity contribution in [3.05, 3.63) is 35.9 Å². The zero-order chi connectivity index (χ0) is 21.8.